The van der Waals surface area contributed by atoms with Crippen LogP contribution in [0.4, 0.5) is 0 Å². The molecular weight excluding hydrogens is 364 g/mol. The first-order valence-electron chi connectivity index (χ1n) is 10.2. The Balaban J connectivity index is 2.00. The maximum atomic E-state index is 12.4. The average Bonchev–Trinajstić information content (AvgIpc) is 3.18. The molecule has 1 heterocycles. The Bertz CT molecular complexity index is 964. The van der Waals surface area contributed by atoms with E-state index in [-0.39, 0.29) is 17.7 Å². The zero-order chi connectivity index (χ0) is 20.8. The number of carbonyl (C=O) groups is 1. The van der Waals surface area contributed by atoms with Gasteiger partial charge in [0.15, 0.2) is 11.5 Å². The first kappa shape index (κ1) is 20.8. The summed E-state index contributed by atoms with van der Waals surface area (Å²) in [4.78, 5) is 15.8. The Hall–Kier alpha value is -2.95. The number of hydrogen-bond acceptors (Lipinski definition) is 3. The molecule has 3 rings (SSSR count). The predicted octanol–water partition coefficient (Wildman–Crippen LogP) is 4.87. The molecule has 0 radical (unpaired) electrons. The smallest absolute Gasteiger partial charge is 0.222 e. The fraction of sp³-hybridized carbons (Fsp3) is 0.375. The second kappa shape index (κ2) is 9.50. The Kier molecular flexibility index (Phi) is 6.81. The predicted molar refractivity (Wildman–Crippen MR) is 117 cm³/mol. The van der Waals surface area contributed by atoms with Gasteiger partial charge >= 0.3 is 0 Å². The first-order valence-corrected chi connectivity index (χ1v) is 10.2. The molecule has 0 spiro atoms. The molecule has 2 atom stereocenters. The van der Waals surface area contributed by atoms with Crippen molar-refractivity contribution in [3.8, 4) is 11.5 Å². The molecule has 0 bridgehead atoms. The number of para-hydroxylation sites is 1. The molecule has 0 aliphatic carbocycles. The van der Waals surface area contributed by atoms with Crippen molar-refractivity contribution >= 4 is 16.8 Å². The number of aromatic amines is 1. The molecule has 5 heteroatoms. The molecule has 5 nitrogen and oxygen atoms in total. The average molecular weight is 395 g/mol. The molecular formula is C24H30N2O3. The third-order valence-electron chi connectivity index (χ3n) is 5.43. The van der Waals surface area contributed by atoms with E-state index in [1.807, 2.05) is 51.2 Å². The van der Waals surface area contributed by atoms with E-state index in [0.29, 0.717) is 18.9 Å². The number of carbonyl (C=O) groups excluding carboxylic acids is 1. The molecule has 0 fully saturated rings. The van der Waals surface area contributed by atoms with Crippen molar-refractivity contribution in [2.24, 2.45) is 5.92 Å². The van der Waals surface area contributed by atoms with Crippen LogP contribution in [-0.4, -0.2) is 31.2 Å². The van der Waals surface area contributed by atoms with Crippen LogP contribution >= 0.6 is 0 Å². The summed E-state index contributed by atoms with van der Waals surface area (Å²) in [6.07, 6.45) is 2.86. The summed E-state index contributed by atoms with van der Waals surface area (Å²) in [7, 11) is 1.65. The minimum Gasteiger partial charge on any atom is -0.493 e. The zero-order valence-corrected chi connectivity index (χ0v) is 17.6. The van der Waals surface area contributed by atoms with Gasteiger partial charge in [0.1, 0.15) is 0 Å². The van der Waals surface area contributed by atoms with Crippen molar-refractivity contribution in [1.29, 1.82) is 0 Å². The van der Waals surface area contributed by atoms with E-state index in [1.54, 1.807) is 7.11 Å². The second-order valence-corrected chi connectivity index (χ2v) is 7.24. The van der Waals surface area contributed by atoms with Gasteiger partial charge in [-0.05, 0) is 42.7 Å². The number of H-pyrrole nitrogens is 1. The minimum absolute atomic E-state index is 0.00603. The number of fused-ring (bicyclic) bond motifs is 1. The first-order chi connectivity index (χ1) is 14.1. The number of rotatable bonds is 9. The molecule has 1 aromatic heterocycles. The highest BCUT2D eigenvalue weighted by Gasteiger charge is 2.22. The molecule has 2 N–H and O–H groups in total. The topological polar surface area (TPSA) is 63.3 Å². The summed E-state index contributed by atoms with van der Waals surface area (Å²) in [5.41, 5.74) is 3.30. The van der Waals surface area contributed by atoms with E-state index in [9.17, 15) is 4.79 Å². The second-order valence-electron chi connectivity index (χ2n) is 7.24. The number of benzene rings is 2. The molecule has 0 saturated carbocycles. The van der Waals surface area contributed by atoms with E-state index in [2.05, 4.69) is 28.5 Å². The minimum atomic E-state index is -0.0104. The summed E-state index contributed by atoms with van der Waals surface area (Å²) in [5, 5.41) is 4.29. The van der Waals surface area contributed by atoms with Gasteiger partial charge in [0.05, 0.1) is 13.7 Å². The van der Waals surface area contributed by atoms with Gasteiger partial charge in [-0.1, -0.05) is 38.1 Å². The highest BCUT2D eigenvalue weighted by atomic mass is 16.5. The number of methoxy groups -OCH3 is 1. The molecule has 0 aliphatic heterocycles. The third-order valence-corrected chi connectivity index (χ3v) is 5.43. The maximum absolute atomic E-state index is 12.4. The van der Waals surface area contributed by atoms with Gasteiger partial charge in [-0.15, -0.1) is 0 Å². The van der Waals surface area contributed by atoms with Crippen LogP contribution < -0.4 is 14.8 Å². The largest absolute Gasteiger partial charge is 0.493 e. The van der Waals surface area contributed by atoms with Crippen LogP contribution in [-0.2, 0) is 4.79 Å². The third kappa shape index (κ3) is 4.56. The van der Waals surface area contributed by atoms with Gasteiger partial charge in [0.2, 0.25) is 5.91 Å². The van der Waals surface area contributed by atoms with Crippen LogP contribution in [0.1, 0.15) is 44.2 Å². The fourth-order valence-electron chi connectivity index (χ4n) is 3.53. The highest BCUT2D eigenvalue weighted by Crippen LogP contribution is 2.35. The molecule has 0 aliphatic rings. The monoisotopic (exact) mass is 394 g/mol. The van der Waals surface area contributed by atoms with Crippen molar-refractivity contribution in [3.63, 3.8) is 0 Å². The van der Waals surface area contributed by atoms with E-state index in [4.69, 9.17) is 9.47 Å². The van der Waals surface area contributed by atoms with E-state index >= 15 is 0 Å². The Morgan fingerprint density at radius 2 is 1.93 bits per heavy atom. The van der Waals surface area contributed by atoms with Crippen molar-refractivity contribution in [2.75, 3.05) is 20.3 Å². The van der Waals surface area contributed by atoms with Crippen molar-refractivity contribution < 1.29 is 14.3 Å². The van der Waals surface area contributed by atoms with Gasteiger partial charge in [-0.2, -0.15) is 0 Å². The molecule has 29 heavy (non-hydrogen) atoms. The van der Waals surface area contributed by atoms with Crippen LogP contribution in [0, 0.1) is 5.92 Å². The number of hydrogen-bond donors (Lipinski definition) is 2. The Morgan fingerprint density at radius 3 is 2.66 bits per heavy atom. The molecule has 1 amide bonds. The summed E-state index contributed by atoms with van der Waals surface area (Å²) >= 11 is 0. The van der Waals surface area contributed by atoms with Crippen molar-refractivity contribution in [3.05, 3.63) is 59.8 Å². The van der Waals surface area contributed by atoms with Crippen LogP contribution in [0.25, 0.3) is 10.9 Å². The fourth-order valence-corrected chi connectivity index (χ4v) is 3.53. The normalized spacial score (nSPS) is 13.1. The zero-order valence-electron chi connectivity index (χ0n) is 17.6. The van der Waals surface area contributed by atoms with Crippen molar-refractivity contribution in [1.82, 2.24) is 10.3 Å². The molecule has 3 aromatic rings. The van der Waals surface area contributed by atoms with Crippen LogP contribution in [0.3, 0.4) is 0 Å². The number of amides is 1. The Labute approximate surface area is 172 Å². The van der Waals surface area contributed by atoms with Crippen LogP contribution in [0.2, 0.25) is 0 Å². The maximum Gasteiger partial charge on any atom is 0.222 e. The molecule has 0 saturated heterocycles. The SMILES string of the molecule is CCOc1ccc(C(CNC(=O)C(C)CC)c2c[nH]c3ccccc23)cc1OC. The van der Waals surface area contributed by atoms with Gasteiger partial charge in [0.25, 0.3) is 0 Å². The molecule has 2 unspecified atom stereocenters. The van der Waals surface area contributed by atoms with Gasteiger partial charge in [0, 0.05) is 35.5 Å². The lowest BCUT2D eigenvalue weighted by molar-refractivity contribution is -0.124. The lowest BCUT2D eigenvalue weighted by atomic mass is 9.90. The van der Waals surface area contributed by atoms with Gasteiger partial charge in [-0.3, -0.25) is 4.79 Å². The van der Waals surface area contributed by atoms with Crippen molar-refractivity contribution in [2.45, 2.75) is 33.1 Å². The summed E-state index contributed by atoms with van der Waals surface area (Å²) in [6, 6.07) is 14.2. The quantitative estimate of drug-likeness (QED) is 0.544. The summed E-state index contributed by atoms with van der Waals surface area (Å²) in [6.45, 7) is 7.02. The lowest BCUT2D eigenvalue weighted by Crippen LogP contribution is -2.32. The van der Waals surface area contributed by atoms with Crippen LogP contribution in [0.15, 0.2) is 48.7 Å². The Morgan fingerprint density at radius 1 is 1.14 bits per heavy atom. The standard InChI is InChI=1S/C24H30N2O3/c1-5-16(3)24(27)26-14-19(20-15-25-21-10-8-7-9-18(20)21)17-11-12-22(29-6-2)23(13-17)28-4/h7-13,15-16,19,25H,5-6,14H2,1-4H3,(H,26,27). The number of aromatic nitrogens is 1. The number of ether oxygens (including phenoxy) is 2. The molecule has 154 valence electrons. The highest BCUT2D eigenvalue weighted by molar-refractivity contribution is 5.84. The van der Waals surface area contributed by atoms with E-state index in [1.165, 1.54) is 0 Å². The van der Waals surface area contributed by atoms with Crippen LogP contribution in [0.5, 0.6) is 11.5 Å². The summed E-state index contributed by atoms with van der Waals surface area (Å²) < 4.78 is 11.2. The van der Waals surface area contributed by atoms with Gasteiger partial charge < -0.3 is 19.8 Å². The number of nitrogens with one attached hydrogen (secondary N) is 2. The summed E-state index contributed by atoms with van der Waals surface area (Å²) in [5.74, 6) is 1.48. The lowest BCUT2D eigenvalue weighted by Gasteiger charge is -2.21. The van der Waals surface area contributed by atoms with E-state index < -0.39 is 0 Å². The van der Waals surface area contributed by atoms with E-state index in [0.717, 1.165) is 34.2 Å². The van der Waals surface area contributed by atoms with Gasteiger partial charge in [-0.25, -0.2) is 0 Å². The molecule has 2 aromatic carbocycles.